The van der Waals surface area contributed by atoms with Gasteiger partial charge in [-0.05, 0) is 24.1 Å². The molecule has 5 nitrogen and oxygen atoms in total. The van der Waals surface area contributed by atoms with Gasteiger partial charge in [0.05, 0.1) is 0 Å². The molecule has 0 spiro atoms. The number of nitrogens with zero attached hydrogens (tertiary/aromatic N) is 1. The molecular formula is C15H21ClN2O3. The Morgan fingerprint density at radius 2 is 1.95 bits per heavy atom. The van der Waals surface area contributed by atoms with Crippen LogP contribution in [0.25, 0.3) is 0 Å². The molecule has 0 saturated carbocycles. The van der Waals surface area contributed by atoms with Gasteiger partial charge in [-0.25, -0.2) is 9.59 Å². The number of benzene rings is 1. The molecule has 0 heterocycles. The molecule has 2 amide bonds. The lowest BCUT2D eigenvalue weighted by Crippen LogP contribution is -2.46. The number of carboxylic acids is 1. The Balaban J connectivity index is 2.56. The summed E-state index contributed by atoms with van der Waals surface area (Å²) in [6.45, 7) is 2.37. The lowest BCUT2D eigenvalue weighted by molar-refractivity contribution is -0.139. The topological polar surface area (TPSA) is 69.6 Å². The van der Waals surface area contributed by atoms with Crippen molar-refractivity contribution in [3.05, 3.63) is 34.9 Å². The Kier molecular flexibility index (Phi) is 7.02. The Hall–Kier alpha value is -1.75. The minimum Gasteiger partial charge on any atom is -0.480 e. The average molecular weight is 313 g/mol. The summed E-state index contributed by atoms with van der Waals surface area (Å²) < 4.78 is 0. The van der Waals surface area contributed by atoms with E-state index in [1.165, 1.54) is 4.90 Å². The van der Waals surface area contributed by atoms with Crippen molar-refractivity contribution in [1.29, 1.82) is 0 Å². The largest absolute Gasteiger partial charge is 0.480 e. The smallest absolute Gasteiger partial charge is 0.326 e. The fraction of sp³-hybridized carbons (Fsp3) is 0.467. The van der Waals surface area contributed by atoms with E-state index in [-0.39, 0.29) is 0 Å². The van der Waals surface area contributed by atoms with Gasteiger partial charge in [-0.1, -0.05) is 43.5 Å². The maximum atomic E-state index is 12.0. The summed E-state index contributed by atoms with van der Waals surface area (Å²) >= 11 is 5.80. The highest BCUT2D eigenvalue weighted by Crippen LogP contribution is 2.11. The van der Waals surface area contributed by atoms with Crippen molar-refractivity contribution < 1.29 is 14.7 Å². The van der Waals surface area contributed by atoms with Crippen LogP contribution in [-0.2, 0) is 11.3 Å². The lowest BCUT2D eigenvalue weighted by Gasteiger charge is -2.21. The zero-order valence-corrected chi connectivity index (χ0v) is 13.1. The number of nitrogens with one attached hydrogen (secondary N) is 1. The number of hydrogen-bond donors (Lipinski definition) is 2. The zero-order valence-electron chi connectivity index (χ0n) is 12.3. The zero-order chi connectivity index (χ0) is 15.8. The Morgan fingerprint density at radius 3 is 2.48 bits per heavy atom. The molecule has 21 heavy (non-hydrogen) atoms. The number of hydrogen-bond acceptors (Lipinski definition) is 2. The number of carboxylic acid groups (broad SMARTS) is 1. The summed E-state index contributed by atoms with van der Waals surface area (Å²) in [5.41, 5.74) is 0.928. The van der Waals surface area contributed by atoms with Crippen LogP contribution in [0.4, 0.5) is 4.79 Å². The van der Waals surface area contributed by atoms with Crippen molar-refractivity contribution in [2.75, 3.05) is 7.05 Å². The predicted octanol–water partition coefficient (Wildman–Crippen LogP) is 3.12. The van der Waals surface area contributed by atoms with Gasteiger partial charge in [0.1, 0.15) is 6.04 Å². The van der Waals surface area contributed by atoms with Crippen molar-refractivity contribution in [2.24, 2.45) is 0 Å². The van der Waals surface area contributed by atoms with E-state index in [1.807, 2.05) is 19.1 Å². The van der Waals surface area contributed by atoms with Crippen molar-refractivity contribution in [3.8, 4) is 0 Å². The quantitative estimate of drug-likeness (QED) is 0.812. The molecule has 1 aromatic rings. The van der Waals surface area contributed by atoms with Gasteiger partial charge in [0, 0.05) is 18.6 Å². The van der Waals surface area contributed by atoms with Gasteiger partial charge in [-0.15, -0.1) is 0 Å². The van der Waals surface area contributed by atoms with Gasteiger partial charge >= 0.3 is 12.0 Å². The summed E-state index contributed by atoms with van der Waals surface area (Å²) in [7, 11) is 1.63. The van der Waals surface area contributed by atoms with Crippen LogP contribution in [0.1, 0.15) is 31.7 Å². The SMILES string of the molecule is CCCCC(NC(=O)N(C)Cc1ccc(Cl)cc1)C(=O)O. The first kappa shape index (κ1) is 17.3. The monoisotopic (exact) mass is 312 g/mol. The van der Waals surface area contributed by atoms with Gasteiger partial charge < -0.3 is 15.3 Å². The molecule has 116 valence electrons. The number of halogens is 1. The predicted molar refractivity (Wildman–Crippen MR) is 82.4 cm³/mol. The molecule has 0 fully saturated rings. The van der Waals surface area contributed by atoms with E-state index in [9.17, 15) is 9.59 Å². The van der Waals surface area contributed by atoms with Crippen LogP contribution in [0.2, 0.25) is 5.02 Å². The molecule has 0 radical (unpaired) electrons. The van der Waals surface area contributed by atoms with Crippen molar-refractivity contribution >= 4 is 23.6 Å². The van der Waals surface area contributed by atoms with Crippen LogP contribution < -0.4 is 5.32 Å². The number of aliphatic carboxylic acids is 1. The minimum absolute atomic E-state index is 0.392. The molecule has 1 unspecified atom stereocenters. The number of carbonyl (C=O) groups is 2. The van der Waals surface area contributed by atoms with Gasteiger partial charge in [0.15, 0.2) is 0 Å². The molecule has 0 aliphatic carbocycles. The third-order valence-corrected chi connectivity index (χ3v) is 3.37. The second-order valence-corrected chi connectivity index (χ2v) is 5.40. The first-order valence-corrected chi connectivity index (χ1v) is 7.30. The molecule has 0 aliphatic heterocycles. The highest BCUT2D eigenvalue weighted by Gasteiger charge is 2.21. The summed E-state index contributed by atoms with van der Waals surface area (Å²) in [5.74, 6) is -1.00. The highest BCUT2D eigenvalue weighted by atomic mass is 35.5. The Bertz CT molecular complexity index is 476. The van der Waals surface area contributed by atoms with E-state index in [1.54, 1.807) is 19.2 Å². The molecule has 2 N–H and O–H groups in total. The van der Waals surface area contributed by atoms with Crippen LogP contribution in [0.3, 0.4) is 0 Å². The molecule has 1 aromatic carbocycles. The van der Waals surface area contributed by atoms with Crippen LogP contribution >= 0.6 is 11.6 Å². The van der Waals surface area contributed by atoms with Crippen LogP contribution in [0.5, 0.6) is 0 Å². The fourth-order valence-electron chi connectivity index (χ4n) is 1.86. The third kappa shape index (κ3) is 6.04. The summed E-state index contributed by atoms with van der Waals surface area (Å²) in [5, 5.41) is 12.3. The van der Waals surface area contributed by atoms with E-state index < -0.39 is 18.0 Å². The summed E-state index contributed by atoms with van der Waals surface area (Å²) in [6.07, 6.45) is 2.09. The van der Waals surface area contributed by atoms with Gasteiger partial charge in [-0.2, -0.15) is 0 Å². The second-order valence-electron chi connectivity index (χ2n) is 4.97. The number of unbranched alkanes of at least 4 members (excludes halogenated alkanes) is 1. The van der Waals surface area contributed by atoms with Crippen LogP contribution in [0.15, 0.2) is 24.3 Å². The highest BCUT2D eigenvalue weighted by molar-refractivity contribution is 6.30. The molecule has 0 aromatic heterocycles. The van der Waals surface area contributed by atoms with Crippen molar-refractivity contribution in [2.45, 2.75) is 38.8 Å². The first-order chi connectivity index (χ1) is 9.93. The van der Waals surface area contributed by atoms with E-state index in [0.29, 0.717) is 18.0 Å². The van der Waals surface area contributed by atoms with Crippen molar-refractivity contribution in [1.82, 2.24) is 10.2 Å². The average Bonchev–Trinajstić information content (AvgIpc) is 2.45. The van der Waals surface area contributed by atoms with Crippen LogP contribution in [0, 0.1) is 0 Å². The summed E-state index contributed by atoms with van der Waals surface area (Å²) in [6, 6.07) is 5.93. The molecular weight excluding hydrogens is 292 g/mol. The Labute approximate surface area is 129 Å². The molecule has 1 rings (SSSR count). The summed E-state index contributed by atoms with van der Waals surface area (Å²) in [4.78, 5) is 24.6. The van der Waals surface area contributed by atoms with Gasteiger partial charge in [0.25, 0.3) is 0 Å². The fourth-order valence-corrected chi connectivity index (χ4v) is 1.99. The van der Waals surface area contributed by atoms with Crippen molar-refractivity contribution in [3.63, 3.8) is 0 Å². The van der Waals surface area contributed by atoms with Crippen LogP contribution in [-0.4, -0.2) is 35.1 Å². The molecule has 6 heteroatoms. The molecule has 0 bridgehead atoms. The third-order valence-electron chi connectivity index (χ3n) is 3.12. The minimum atomic E-state index is -1.00. The number of rotatable bonds is 7. The Morgan fingerprint density at radius 1 is 1.33 bits per heavy atom. The second kappa shape index (κ2) is 8.52. The molecule has 0 saturated heterocycles. The molecule has 0 aliphatic rings. The van der Waals surface area contributed by atoms with E-state index in [0.717, 1.165) is 18.4 Å². The number of amides is 2. The first-order valence-electron chi connectivity index (χ1n) is 6.93. The lowest BCUT2D eigenvalue weighted by atomic mass is 10.1. The van der Waals surface area contributed by atoms with E-state index >= 15 is 0 Å². The van der Waals surface area contributed by atoms with E-state index in [2.05, 4.69) is 5.32 Å². The standard InChI is InChI=1S/C15H21ClN2O3/c1-3-4-5-13(14(19)20)17-15(21)18(2)10-11-6-8-12(16)9-7-11/h6-9,13H,3-5,10H2,1-2H3,(H,17,21)(H,19,20). The molecule has 1 atom stereocenters. The van der Waals surface area contributed by atoms with Gasteiger partial charge in [-0.3, -0.25) is 0 Å². The van der Waals surface area contributed by atoms with Gasteiger partial charge in [0.2, 0.25) is 0 Å². The van der Waals surface area contributed by atoms with E-state index in [4.69, 9.17) is 16.7 Å². The normalized spacial score (nSPS) is 11.8. The maximum Gasteiger partial charge on any atom is 0.326 e. The number of urea groups is 1. The maximum absolute atomic E-state index is 12.0. The number of carbonyl (C=O) groups excluding carboxylic acids is 1.